The highest BCUT2D eigenvalue weighted by molar-refractivity contribution is 5.26. The van der Waals surface area contributed by atoms with Crippen molar-refractivity contribution in [3.05, 3.63) is 35.4 Å². The van der Waals surface area contributed by atoms with Crippen LogP contribution in [0.4, 0.5) is 0 Å². The Labute approximate surface area is 110 Å². The Bertz CT molecular complexity index is 322. The van der Waals surface area contributed by atoms with Gasteiger partial charge in [-0.05, 0) is 31.4 Å². The van der Waals surface area contributed by atoms with Gasteiger partial charge in [0.1, 0.15) is 0 Å². The van der Waals surface area contributed by atoms with Crippen molar-refractivity contribution in [1.82, 2.24) is 5.32 Å². The van der Waals surface area contributed by atoms with Crippen LogP contribution in [0, 0.1) is 0 Å². The van der Waals surface area contributed by atoms with Gasteiger partial charge < -0.3 is 14.8 Å². The molecule has 1 aromatic rings. The third-order valence-electron chi connectivity index (χ3n) is 2.83. The third kappa shape index (κ3) is 5.17. The van der Waals surface area contributed by atoms with E-state index in [1.165, 1.54) is 11.1 Å². The van der Waals surface area contributed by atoms with Gasteiger partial charge in [0.15, 0.2) is 6.29 Å². The zero-order valence-corrected chi connectivity index (χ0v) is 11.7. The molecule has 0 saturated heterocycles. The van der Waals surface area contributed by atoms with E-state index in [0.29, 0.717) is 13.2 Å². The highest BCUT2D eigenvalue weighted by Crippen LogP contribution is 2.09. The summed E-state index contributed by atoms with van der Waals surface area (Å²) >= 11 is 0. The minimum absolute atomic E-state index is 0.145. The zero-order valence-electron chi connectivity index (χ0n) is 11.7. The molecule has 1 N–H and O–H groups in total. The summed E-state index contributed by atoms with van der Waals surface area (Å²) < 4.78 is 11.0. The van der Waals surface area contributed by atoms with Gasteiger partial charge in [-0.2, -0.15) is 0 Å². The highest BCUT2D eigenvalue weighted by Gasteiger charge is 2.07. The molecule has 3 heteroatoms. The Balaban J connectivity index is 2.39. The standard InChI is InChI=1S/C15H25NO2/c1-4-13-9-7-8-10-14(13)11-16-12-15(17-5-2)18-6-3/h7-10,15-16H,4-6,11-12H2,1-3H3. The van der Waals surface area contributed by atoms with E-state index in [9.17, 15) is 0 Å². The number of hydrogen-bond acceptors (Lipinski definition) is 3. The van der Waals surface area contributed by atoms with E-state index in [1.54, 1.807) is 0 Å². The molecular weight excluding hydrogens is 226 g/mol. The third-order valence-corrected chi connectivity index (χ3v) is 2.83. The number of ether oxygens (including phenoxy) is 2. The molecule has 0 saturated carbocycles. The molecule has 0 spiro atoms. The predicted molar refractivity (Wildman–Crippen MR) is 74.6 cm³/mol. The molecule has 0 aliphatic carbocycles. The van der Waals surface area contributed by atoms with E-state index >= 15 is 0 Å². The first-order chi connectivity index (χ1) is 8.81. The maximum Gasteiger partial charge on any atom is 0.169 e. The molecule has 3 nitrogen and oxygen atoms in total. The lowest BCUT2D eigenvalue weighted by molar-refractivity contribution is -0.133. The lowest BCUT2D eigenvalue weighted by Crippen LogP contribution is -2.31. The Morgan fingerprint density at radius 2 is 1.61 bits per heavy atom. The van der Waals surface area contributed by atoms with E-state index in [0.717, 1.165) is 19.5 Å². The minimum Gasteiger partial charge on any atom is -0.352 e. The monoisotopic (exact) mass is 251 g/mol. The number of aryl methyl sites for hydroxylation is 1. The first-order valence-electron chi connectivity index (χ1n) is 6.82. The highest BCUT2D eigenvalue weighted by atomic mass is 16.7. The summed E-state index contributed by atoms with van der Waals surface area (Å²) in [6, 6.07) is 8.52. The maximum atomic E-state index is 5.49. The van der Waals surface area contributed by atoms with Crippen molar-refractivity contribution in [2.45, 2.75) is 40.0 Å². The van der Waals surface area contributed by atoms with Crippen LogP contribution >= 0.6 is 0 Å². The van der Waals surface area contributed by atoms with Crippen LogP contribution in [-0.4, -0.2) is 26.0 Å². The summed E-state index contributed by atoms with van der Waals surface area (Å²) in [5.74, 6) is 0. The zero-order chi connectivity index (χ0) is 13.2. The van der Waals surface area contributed by atoms with Crippen LogP contribution in [-0.2, 0) is 22.4 Å². The minimum atomic E-state index is -0.145. The average molecular weight is 251 g/mol. The van der Waals surface area contributed by atoms with E-state index in [4.69, 9.17) is 9.47 Å². The molecule has 0 unspecified atom stereocenters. The Morgan fingerprint density at radius 1 is 1.00 bits per heavy atom. The SMILES string of the molecule is CCOC(CNCc1ccccc1CC)OCC. The summed E-state index contributed by atoms with van der Waals surface area (Å²) in [6.45, 7) is 9.09. The van der Waals surface area contributed by atoms with Crippen LogP contribution < -0.4 is 5.32 Å². The lowest BCUT2D eigenvalue weighted by Gasteiger charge is -2.18. The molecule has 0 aromatic heterocycles. The molecule has 0 radical (unpaired) electrons. The topological polar surface area (TPSA) is 30.5 Å². The summed E-state index contributed by atoms with van der Waals surface area (Å²) in [5.41, 5.74) is 2.75. The molecule has 0 heterocycles. The first kappa shape index (κ1) is 15.2. The van der Waals surface area contributed by atoms with Gasteiger partial charge in [-0.15, -0.1) is 0 Å². The second kappa shape index (κ2) is 9.09. The van der Waals surface area contributed by atoms with Crippen molar-refractivity contribution < 1.29 is 9.47 Å². The molecule has 0 bridgehead atoms. The van der Waals surface area contributed by atoms with Gasteiger partial charge in [-0.3, -0.25) is 0 Å². The van der Waals surface area contributed by atoms with Crippen molar-refractivity contribution >= 4 is 0 Å². The fourth-order valence-electron chi connectivity index (χ4n) is 1.94. The molecule has 0 atom stereocenters. The predicted octanol–water partition coefficient (Wildman–Crippen LogP) is 2.74. The summed E-state index contributed by atoms with van der Waals surface area (Å²) in [7, 11) is 0. The Kier molecular flexibility index (Phi) is 7.65. The van der Waals surface area contributed by atoms with Crippen LogP contribution in [0.3, 0.4) is 0 Å². The van der Waals surface area contributed by atoms with E-state index in [-0.39, 0.29) is 6.29 Å². The van der Waals surface area contributed by atoms with Gasteiger partial charge in [0.25, 0.3) is 0 Å². The van der Waals surface area contributed by atoms with Crippen LogP contribution in [0.2, 0.25) is 0 Å². The van der Waals surface area contributed by atoms with Crippen LogP contribution in [0.5, 0.6) is 0 Å². The van der Waals surface area contributed by atoms with E-state index in [1.807, 2.05) is 13.8 Å². The largest absolute Gasteiger partial charge is 0.352 e. The molecular formula is C15H25NO2. The Hall–Kier alpha value is -0.900. The normalized spacial score (nSPS) is 11.1. The Morgan fingerprint density at radius 3 is 2.17 bits per heavy atom. The first-order valence-corrected chi connectivity index (χ1v) is 6.82. The van der Waals surface area contributed by atoms with Crippen LogP contribution in [0.1, 0.15) is 31.9 Å². The molecule has 18 heavy (non-hydrogen) atoms. The maximum absolute atomic E-state index is 5.49. The van der Waals surface area contributed by atoms with Gasteiger partial charge >= 0.3 is 0 Å². The lowest BCUT2D eigenvalue weighted by atomic mass is 10.1. The van der Waals surface area contributed by atoms with E-state index in [2.05, 4.69) is 36.5 Å². The van der Waals surface area contributed by atoms with Gasteiger partial charge in [-0.25, -0.2) is 0 Å². The van der Waals surface area contributed by atoms with Crippen molar-refractivity contribution in [3.8, 4) is 0 Å². The molecule has 0 amide bonds. The molecule has 102 valence electrons. The fourth-order valence-corrected chi connectivity index (χ4v) is 1.94. The van der Waals surface area contributed by atoms with Crippen molar-refractivity contribution in [2.75, 3.05) is 19.8 Å². The van der Waals surface area contributed by atoms with Gasteiger partial charge in [-0.1, -0.05) is 31.2 Å². The average Bonchev–Trinajstić information content (AvgIpc) is 2.40. The quantitative estimate of drug-likeness (QED) is 0.685. The summed E-state index contributed by atoms with van der Waals surface area (Å²) in [5, 5.41) is 3.40. The fraction of sp³-hybridized carbons (Fsp3) is 0.600. The van der Waals surface area contributed by atoms with Crippen molar-refractivity contribution in [2.24, 2.45) is 0 Å². The van der Waals surface area contributed by atoms with Crippen molar-refractivity contribution in [3.63, 3.8) is 0 Å². The van der Waals surface area contributed by atoms with Gasteiger partial charge in [0.05, 0.1) is 0 Å². The molecule has 0 fully saturated rings. The second-order valence-corrected chi connectivity index (χ2v) is 4.09. The molecule has 0 aliphatic heterocycles. The number of hydrogen-bond donors (Lipinski definition) is 1. The number of benzene rings is 1. The van der Waals surface area contributed by atoms with Gasteiger partial charge in [0.2, 0.25) is 0 Å². The number of rotatable bonds is 9. The van der Waals surface area contributed by atoms with Crippen LogP contribution in [0.15, 0.2) is 24.3 Å². The second-order valence-electron chi connectivity index (χ2n) is 4.09. The van der Waals surface area contributed by atoms with Crippen LogP contribution in [0.25, 0.3) is 0 Å². The van der Waals surface area contributed by atoms with Crippen molar-refractivity contribution in [1.29, 1.82) is 0 Å². The summed E-state index contributed by atoms with van der Waals surface area (Å²) in [4.78, 5) is 0. The van der Waals surface area contributed by atoms with E-state index < -0.39 is 0 Å². The molecule has 0 aliphatic rings. The molecule has 1 rings (SSSR count). The van der Waals surface area contributed by atoms with Gasteiger partial charge in [0, 0.05) is 26.3 Å². The number of nitrogens with one attached hydrogen (secondary N) is 1. The summed E-state index contributed by atoms with van der Waals surface area (Å²) in [6.07, 6.45) is 0.923. The smallest absolute Gasteiger partial charge is 0.169 e. The molecule has 1 aromatic carbocycles.